The summed E-state index contributed by atoms with van der Waals surface area (Å²) in [6, 6.07) is 5.47. The Morgan fingerprint density at radius 2 is 2.06 bits per heavy atom. The number of nitrogens with one attached hydrogen (secondary N) is 1. The highest BCUT2D eigenvalue weighted by atomic mass is 35.5. The number of benzene rings is 1. The van der Waals surface area contributed by atoms with Crippen LogP contribution in [0.25, 0.3) is 0 Å². The van der Waals surface area contributed by atoms with Crippen molar-refractivity contribution in [2.75, 3.05) is 18.6 Å². The van der Waals surface area contributed by atoms with Crippen LogP contribution in [0.15, 0.2) is 18.2 Å². The predicted octanol–water partition coefficient (Wildman–Crippen LogP) is 4.00. The third kappa shape index (κ3) is 5.17. The molecule has 1 rings (SSSR count). The Hall–Kier alpha value is -0.250. The summed E-state index contributed by atoms with van der Waals surface area (Å²) in [5, 5.41) is 3.45. The summed E-state index contributed by atoms with van der Waals surface area (Å²) < 4.78 is 13.8. The average Bonchev–Trinajstić information content (AvgIpc) is 2.33. The zero-order valence-corrected chi connectivity index (χ0v) is 12.7. The van der Waals surface area contributed by atoms with E-state index in [1.54, 1.807) is 18.2 Å². The van der Waals surface area contributed by atoms with Crippen LogP contribution in [0.1, 0.15) is 19.4 Å². The number of thioether (sulfide) groups is 1. The molecular weight excluding hydrogens is 269 g/mol. The lowest BCUT2D eigenvalue weighted by atomic mass is 10.1. The maximum atomic E-state index is 13.8. The van der Waals surface area contributed by atoms with Crippen LogP contribution < -0.4 is 5.32 Å². The highest BCUT2D eigenvalue weighted by molar-refractivity contribution is 7.99. The van der Waals surface area contributed by atoms with Crippen molar-refractivity contribution in [3.63, 3.8) is 0 Å². The smallest absolute Gasteiger partial charge is 0.145 e. The topological polar surface area (TPSA) is 12.0 Å². The lowest BCUT2D eigenvalue weighted by Crippen LogP contribution is -2.30. The molecule has 0 spiro atoms. The molecule has 0 saturated heterocycles. The summed E-state index contributed by atoms with van der Waals surface area (Å²) in [6.07, 6.45) is 0.675. The molecule has 1 nitrogen and oxygen atoms in total. The van der Waals surface area contributed by atoms with Gasteiger partial charge in [0.25, 0.3) is 0 Å². The van der Waals surface area contributed by atoms with Crippen molar-refractivity contribution < 1.29 is 4.39 Å². The van der Waals surface area contributed by atoms with Crippen molar-refractivity contribution in [2.45, 2.75) is 26.3 Å². The zero-order valence-electron chi connectivity index (χ0n) is 11.2. The SMILES string of the molecule is CNC(CSCC(C)C)Cc1cccc(Cl)c1F. The molecule has 1 atom stereocenters. The van der Waals surface area contributed by atoms with Gasteiger partial charge < -0.3 is 5.32 Å². The molecule has 0 radical (unpaired) electrons. The molecule has 0 bridgehead atoms. The summed E-state index contributed by atoms with van der Waals surface area (Å²) in [5.74, 6) is 2.53. The van der Waals surface area contributed by atoms with E-state index in [1.807, 2.05) is 18.8 Å². The number of hydrogen-bond acceptors (Lipinski definition) is 2. The minimum Gasteiger partial charge on any atom is -0.316 e. The molecule has 0 aliphatic heterocycles. The van der Waals surface area contributed by atoms with E-state index in [1.165, 1.54) is 0 Å². The van der Waals surface area contributed by atoms with Crippen molar-refractivity contribution in [1.29, 1.82) is 0 Å². The first kappa shape index (κ1) is 15.8. The summed E-state index contributed by atoms with van der Waals surface area (Å²) in [4.78, 5) is 0. The Labute approximate surface area is 118 Å². The Kier molecular flexibility index (Phi) is 7.05. The second-order valence-corrected chi connectivity index (χ2v) is 6.32. The first-order chi connectivity index (χ1) is 8.54. The van der Waals surface area contributed by atoms with E-state index in [0.717, 1.165) is 11.5 Å². The number of likely N-dealkylation sites (N-methyl/N-ethyl adjacent to an activating group) is 1. The van der Waals surface area contributed by atoms with Gasteiger partial charge in [0, 0.05) is 11.8 Å². The maximum absolute atomic E-state index is 13.8. The van der Waals surface area contributed by atoms with Gasteiger partial charge in [-0.2, -0.15) is 11.8 Å². The highest BCUT2D eigenvalue weighted by Gasteiger charge is 2.12. The second-order valence-electron chi connectivity index (χ2n) is 4.83. The Bertz CT molecular complexity index is 371. The Balaban J connectivity index is 2.54. The van der Waals surface area contributed by atoms with Crippen molar-refractivity contribution in [3.8, 4) is 0 Å². The average molecular weight is 290 g/mol. The van der Waals surface area contributed by atoms with E-state index in [9.17, 15) is 4.39 Å². The largest absolute Gasteiger partial charge is 0.316 e. The Morgan fingerprint density at radius 3 is 2.67 bits per heavy atom. The van der Waals surface area contributed by atoms with Gasteiger partial charge in [0.15, 0.2) is 0 Å². The molecule has 0 amide bonds. The van der Waals surface area contributed by atoms with Gasteiger partial charge in [0.2, 0.25) is 0 Å². The van der Waals surface area contributed by atoms with Crippen LogP contribution in [-0.4, -0.2) is 24.6 Å². The van der Waals surface area contributed by atoms with Gasteiger partial charge in [-0.25, -0.2) is 4.39 Å². The van der Waals surface area contributed by atoms with Crippen molar-refractivity contribution >= 4 is 23.4 Å². The molecule has 4 heteroatoms. The van der Waals surface area contributed by atoms with Gasteiger partial charge in [-0.05, 0) is 36.8 Å². The van der Waals surface area contributed by atoms with Gasteiger partial charge in [-0.1, -0.05) is 37.6 Å². The lowest BCUT2D eigenvalue weighted by molar-refractivity contribution is 0.568. The van der Waals surface area contributed by atoms with Crippen molar-refractivity contribution in [3.05, 3.63) is 34.6 Å². The highest BCUT2D eigenvalue weighted by Crippen LogP contribution is 2.20. The lowest BCUT2D eigenvalue weighted by Gasteiger charge is -2.17. The van der Waals surface area contributed by atoms with Gasteiger partial charge in [-0.3, -0.25) is 0 Å². The Morgan fingerprint density at radius 1 is 1.33 bits per heavy atom. The van der Waals surface area contributed by atoms with Crippen LogP contribution in [0.4, 0.5) is 4.39 Å². The fraction of sp³-hybridized carbons (Fsp3) is 0.571. The second kappa shape index (κ2) is 8.03. The normalized spacial score (nSPS) is 13.0. The molecule has 1 N–H and O–H groups in total. The van der Waals surface area contributed by atoms with Crippen LogP contribution in [0, 0.1) is 11.7 Å². The summed E-state index contributed by atoms with van der Waals surface area (Å²) in [7, 11) is 1.92. The molecule has 0 saturated carbocycles. The minimum atomic E-state index is -0.284. The molecular formula is C14H21ClFNS. The molecule has 1 unspecified atom stereocenters. The van der Waals surface area contributed by atoms with E-state index in [0.29, 0.717) is 17.9 Å². The monoisotopic (exact) mass is 289 g/mol. The fourth-order valence-corrected chi connectivity index (χ4v) is 3.03. The van der Waals surface area contributed by atoms with E-state index in [2.05, 4.69) is 19.2 Å². The van der Waals surface area contributed by atoms with Crippen LogP contribution in [0.2, 0.25) is 5.02 Å². The first-order valence-corrected chi connectivity index (χ1v) is 7.75. The number of hydrogen-bond donors (Lipinski definition) is 1. The quantitative estimate of drug-likeness (QED) is 0.814. The summed E-state index contributed by atoms with van der Waals surface area (Å²) >= 11 is 7.69. The van der Waals surface area contributed by atoms with Crippen LogP contribution in [0.5, 0.6) is 0 Å². The third-order valence-electron chi connectivity index (χ3n) is 2.68. The summed E-state index contributed by atoms with van der Waals surface area (Å²) in [6.45, 7) is 4.41. The van der Waals surface area contributed by atoms with Gasteiger partial charge in [-0.15, -0.1) is 0 Å². The molecule has 0 heterocycles. The fourth-order valence-electron chi connectivity index (χ4n) is 1.66. The van der Waals surface area contributed by atoms with E-state index in [-0.39, 0.29) is 16.9 Å². The molecule has 0 fully saturated rings. The van der Waals surface area contributed by atoms with Crippen LogP contribution in [0.3, 0.4) is 0 Å². The molecule has 0 aliphatic rings. The molecule has 1 aromatic rings. The molecule has 0 aliphatic carbocycles. The number of rotatable bonds is 7. The standard InChI is InChI=1S/C14H21ClFNS/c1-10(2)8-18-9-12(17-3)7-11-5-4-6-13(15)14(11)16/h4-6,10,12,17H,7-9H2,1-3H3. The maximum Gasteiger partial charge on any atom is 0.145 e. The summed E-state index contributed by atoms with van der Waals surface area (Å²) in [5.41, 5.74) is 0.687. The van der Waals surface area contributed by atoms with Gasteiger partial charge in [0.05, 0.1) is 5.02 Å². The minimum absolute atomic E-state index is 0.206. The zero-order chi connectivity index (χ0) is 13.5. The van der Waals surface area contributed by atoms with Crippen LogP contribution in [-0.2, 0) is 6.42 Å². The van der Waals surface area contributed by atoms with Gasteiger partial charge >= 0.3 is 0 Å². The molecule has 1 aromatic carbocycles. The van der Waals surface area contributed by atoms with Crippen molar-refractivity contribution in [1.82, 2.24) is 5.32 Å². The van der Waals surface area contributed by atoms with Crippen LogP contribution >= 0.6 is 23.4 Å². The van der Waals surface area contributed by atoms with E-state index in [4.69, 9.17) is 11.6 Å². The third-order valence-corrected chi connectivity index (χ3v) is 4.51. The van der Waals surface area contributed by atoms with Crippen molar-refractivity contribution in [2.24, 2.45) is 5.92 Å². The predicted molar refractivity (Wildman–Crippen MR) is 80.1 cm³/mol. The number of halogens is 2. The molecule has 0 aromatic heterocycles. The van der Waals surface area contributed by atoms with Gasteiger partial charge in [0.1, 0.15) is 5.82 Å². The molecule has 102 valence electrons. The first-order valence-electron chi connectivity index (χ1n) is 6.22. The van der Waals surface area contributed by atoms with E-state index < -0.39 is 0 Å². The van der Waals surface area contributed by atoms with E-state index >= 15 is 0 Å². The molecule has 18 heavy (non-hydrogen) atoms.